The number of nitrogens with two attached hydrogens (primary N) is 1. The van der Waals surface area contributed by atoms with E-state index in [1.165, 1.54) is 10.9 Å². The molecule has 0 aliphatic heterocycles. The van der Waals surface area contributed by atoms with Crippen LogP contribution in [0.25, 0.3) is 0 Å². The number of rotatable bonds is 6. The molecule has 102 valence electrons. The van der Waals surface area contributed by atoms with Gasteiger partial charge in [-0.2, -0.15) is 0 Å². The van der Waals surface area contributed by atoms with Crippen molar-refractivity contribution in [3.63, 3.8) is 0 Å². The highest BCUT2D eigenvalue weighted by Crippen LogP contribution is 2.19. The van der Waals surface area contributed by atoms with Crippen molar-refractivity contribution < 1.29 is 9.13 Å². The lowest BCUT2D eigenvalue weighted by molar-refractivity contribution is 0.306. The Kier molecular flexibility index (Phi) is 4.93. The van der Waals surface area contributed by atoms with E-state index in [1.807, 2.05) is 24.4 Å². The number of hydrogen-bond donors (Lipinski definition) is 1. The molecule has 0 spiro atoms. The van der Waals surface area contributed by atoms with E-state index in [0.29, 0.717) is 18.8 Å². The summed E-state index contributed by atoms with van der Waals surface area (Å²) in [5, 5.41) is 2.03. The fourth-order valence-electron chi connectivity index (χ4n) is 1.88. The number of halogens is 1. The van der Waals surface area contributed by atoms with Crippen molar-refractivity contribution in [2.45, 2.75) is 25.8 Å². The fraction of sp³-hybridized carbons (Fsp3) is 0.333. The summed E-state index contributed by atoms with van der Waals surface area (Å²) in [7, 11) is 0. The molecule has 0 bridgehead atoms. The Labute approximate surface area is 117 Å². The molecule has 0 saturated heterocycles. The lowest BCUT2D eigenvalue weighted by atomic mass is 10.1. The lowest BCUT2D eigenvalue weighted by Gasteiger charge is -2.09. The highest BCUT2D eigenvalue weighted by atomic mass is 32.1. The largest absolute Gasteiger partial charge is 0.490 e. The molecule has 0 fully saturated rings. The minimum Gasteiger partial charge on any atom is -0.490 e. The standard InChI is InChI=1S/C15H18FNOS/c1-11(17)9-12-4-5-15(14(16)10-12)18-7-6-13-3-2-8-19-13/h2-5,8,10-11H,6-7,9,17H2,1H3. The van der Waals surface area contributed by atoms with Crippen molar-refractivity contribution in [1.82, 2.24) is 0 Å². The van der Waals surface area contributed by atoms with Crippen LogP contribution in [0.3, 0.4) is 0 Å². The third kappa shape index (κ3) is 4.33. The van der Waals surface area contributed by atoms with Crippen LogP contribution in [-0.2, 0) is 12.8 Å². The first kappa shape index (κ1) is 14.0. The van der Waals surface area contributed by atoms with Gasteiger partial charge >= 0.3 is 0 Å². The molecular formula is C15H18FNOS. The Bertz CT molecular complexity index is 511. The highest BCUT2D eigenvalue weighted by Gasteiger charge is 2.06. The predicted octanol–water partition coefficient (Wildman–Crippen LogP) is 3.40. The van der Waals surface area contributed by atoms with Crippen molar-refractivity contribution in [2.75, 3.05) is 6.61 Å². The molecule has 1 aromatic carbocycles. The van der Waals surface area contributed by atoms with Crippen LogP contribution in [0.2, 0.25) is 0 Å². The summed E-state index contributed by atoms with van der Waals surface area (Å²) < 4.78 is 19.3. The summed E-state index contributed by atoms with van der Waals surface area (Å²) in [5.74, 6) is -0.00527. The van der Waals surface area contributed by atoms with E-state index in [-0.39, 0.29) is 11.9 Å². The molecule has 1 heterocycles. The molecule has 0 aliphatic rings. The van der Waals surface area contributed by atoms with E-state index >= 15 is 0 Å². The third-order valence-corrected chi connectivity index (χ3v) is 3.68. The Balaban J connectivity index is 1.90. The second-order valence-electron chi connectivity index (χ2n) is 4.62. The Morgan fingerprint density at radius 3 is 2.84 bits per heavy atom. The average Bonchev–Trinajstić information content (AvgIpc) is 2.84. The topological polar surface area (TPSA) is 35.2 Å². The maximum absolute atomic E-state index is 13.8. The first-order chi connectivity index (χ1) is 9.15. The molecular weight excluding hydrogens is 261 g/mol. The number of ether oxygens (including phenoxy) is 1. The Morgan fingerprint density at radius 2 is 2.21 bits per heavy atom. The molecule has 1 unspecified atom stereocenters. The predicted molar refractivity (Wildman–Crippen MR) is 77.3 cm³/mol. The van der Waals surface area contributed by atoms with E-state index in [4.69, 9.17) is 10.5 Å². The van der Waals surface area contributed by atoms with Crippen LogP contribution in [-0.4, -0.2) is 12.6 Å². The monoisotopic (exact) mass is 279 g/mol. The van der Waals surface area contributed by atoms with Crippen LogP contribution in [0.1, 0.15) is 17.4 Å². The first-order valence-electron chi connectivity index (χ1n) is 6.34. The number of hydrogen-bond acceptors (Lipinski definition) is 3. The maximum Gasteiger partial charge on any atom is 0.165 e. The van der Waals surface area contributed by atoms with E-state index in [1.54, 1.807) is 17.4 Å². The summed E-state index contributed by atoms with van der Waals surface area (Å²) in [4.78, 5) is 1.24. The summed E-state index contributed by atoms with van der Waals surface area (Å²) in [5.41, 5.74) is 6.60. The smallest absolute Gasteiger partial charge is 0.165 e. The van der Waals surface area contributed by atoms with Gasteiger partial charge in [-0.05, 0) is 42.5 Å². The summed E-state index contributed by atoms with van der Waals surface area (Å²) >= 11 is 1.68. The summed E-state index contributed by atoms with van der Waals surface area (Å²) in [6.07, 6.45) is 1.48. The normalized spacial score (nSPS) is 12.4. The molecule has 2 aromatic rings. The van der Waals surface area contributed by atoms with E-state index in [0.717, 1.165) is 12.0 Å². The van der Waals surface area contributed by atoms with E-state index in [9.17, 15) is 4.39 Å². The van der Waals surface area contributed by atoms with Crippen LogP contribution in [0.15, 0.2) is 35.7 Å². The zero-order chi connectivity index (χ0) is 13.7. The van der Waals surface area contributed by atoms with Crippen molar-refractivity contribution >= 4 is 11.3 Å². The van der Waals surface area contributed by atoms with Crippen LogP contribution >= 0.6 is 11.3 Å². The van der Waals surface area contributed by atoms with Crippen molar-refractivity contribution in [2.24, 2.45) is 5.73 Å². The van der Waals surface area contributed by atoms with Gasteiger partial charge in [0.2, 0.25) is 0 Å². The molecule has 1 atom stereocenters. The van der Waals surface area contributed by atoms with Gasteiger partial charge in [0.15, 0.2) is 11.6 Å². The van der Waals surface area contributed by atoms with Gasteiger partial charge in [-0.15, -0.1) is 11.3 Å². The van der Waals surface area contributed by atoms with Gasteiger partial charge in [-0.25, -0.2) is 4.39 Å². The molecule has 0 amide bonds. The average molecular weight is 279 g/mol. The van der Waals surface area contributed by atoms with Crippen molar-refractivity contribution in [1.29, 1.82) is 0 Å². The Morgan fingerprint density at radius 1 is 1.37 bits per heavy atom. The SMILES string of the molecule is CC(N)Cc1ccc(OCCc2cccs2)c(F)c1. The number of benzene rings is 1. The first-order valence-corrected chi connectivity index (χ1v) is 7.22. The summed E-state index contributed by atoms with van der Waals surface area (Å²) in [6, 6.07) is 9.14. The van der Waals surface area contributed by atoms with Gasteiger partial charge in [0, 0.05) is 17.3 Å². The van der Waals surface area contributed by atoms with Gasteiger partial charge < -0.3 is 10.5 Å². The number of thiophene rings is 1. The fourth-order valence-corrected chi connectivity index (χ4v) is 2.57. The second-order valence-corrected chi connectivity index (χ2v) is 5.66. The van der Waals surface area contributed by atoms with E-state index in [2.05, 4.69) is 6.07 Å². The minimum atomic E-state index is -0.315. The summed E-state index contributed by atoms with van der Waals surface area (Å²) in [6.45, 7) is 2.40. The van der Waals surface area contributed by atoms with Crippen molar-refractivity contribution in [3.8, 4) is 5.75 Å². The zero-order valence-electron chi connectivity index (χ0n) is 10.9. The van der Waals surface area contributed by atoms with Crippen LogP contribution in [0.4, 0.5) is 4.39 Å². The van der Waals surface area contributed by atoms with E-state index < -0.39 is 0 Å². The van der Waals surface area contributed by atoms with Gasteiger partial charge in [0.1, 0.15) is 0 Å². The van der Waals surface area contributed by atoms with Gasteiger partial charge in [0.25, 0.3) is 0 Å². The molecule has 0 saturated carbocycles. The Hall–Kier alpha value is -1.39. The molecule has 1 aromatic heterocycles. The third-order valence-electron chi connectivity index (χ3n) is 2.74. The second kappa shape index (κ2) is 6.68. The lowest BCUT2D eigenvalue weighted by Crippen LogP contribution is -2.17. The molecule has 2 rings (SSSR count). The van der Waals surface area contributed by atoms with Gasteiger partial charge in [-0.1, -0.05) is 12.1 Å². The quantitative estimate of drug-likeness (QED) is 0.879. The van der Waals surface area contributed by atoms with Gasteiger partial charge in [0.05, 0.1) is 6.61 Å². The molecule has 2 nitrogen and oxygen atoms in total. The molecule has 0 aliphatic carbocycles. The molecule has 0 radical (unpaired) electrons. The van der Waals surface area contributed by atoms with Crippen LogP contribution in [0.5, 0.6) is 5.75 Å². The van der Waals surface area contributed by atoms with Crippen LogP contribution < -0.4 is 10.5 Å². The highest BCUT2D eigenvalue weighted by molar-refractivity contribution is 7.09. The molecule has 19 heavy (non-hydrogen) atoms. The van der Waals surface area contributed by atoms with Crippen molar-refractivity contribution in [3.05, 3.63) is 52.0 Å². The van der Waals surface area contributed by atoms with Gasteiger partial charge in [-0.3, -0.25) is 0 Å². The molecule has 2 N–H and O–H groups in total. The maximum atomic E-state index is 13.8. The zero-order valence-corrected chi connectivity index (χ0v) is 11.8. The molecule has 4 heteroatoms. The minimum absolute atomic E-state index is 0.0324. The van der Waals surface area contributed by atoms with Crippen LogP contribution in [0, 0.1) is 5.82 Å².